The normalized spacial score (nSPS) is 10.7. The largest absolute Gasteiger partial charge is 0.465 e. The van der Waals surface area contributed by atoms with Gasteiger partial charge < -0.3 is 4.52 Å². The Morgan fingerprint density at radius 2 is 2.27 bits per heavy atom. The van der Waals surface area contributed by atoms with Crippen LogP contribution in [0.5, 0.6) is 5.75 Å². The Hall–Kier alpha value is 0.535. The van der Waals surface area contributed by atoms with E-state index >= 15 is 0 Å². The van der Waals surface area contributed by atoms with Crippen LogP contribution >= 0.6 is 40.1 Å². The number of hydrogen-bond donors (Lipinski definition) is 0. The van der Waals surface area contributed by atoms with Crippen LogP contribution in [0.3, 0.4) is 0 Å². The van der Waals surface area contributed by atoms with Crippen molar-refractivity contribution in [1.29, 1.82) is 0 Å². The SMILES string of the molecule is [B]c1ccc(OPI)c(Cl)c1. The monoisotopic (exact) mass is 296 g/mol. The summed E-state index contributed by atoms with van der Waals surface area (Å²) in [4.78, 5) is 0. The summed E-state index contributed by atoms with van der Waals surface area (Å²) >= 11 is 7.94. The zero-order chi connectivity index (χ0) is 8.27. The minimum atomic E-state index is 0.373. The minimum Gasteiger partial charge on any atom is -0.465 e. The first-order valence-corrected chi connectivity index (χ1v) is 7.21. The molecule has 0 fully saturated rings. The molecule has 0 aliphatic rings. The van der Waals surface area contributed by atoms with Crippen molar-refractivity contribution < 1.29 is 4.52 Å². The lowest BCUT2D eigenvalue weighted by Crippen LogP contribution is -1.99. The van der Waals surface area contributed by atoms with Crippen LogP contribution in [0.25, 0.3) is 0 Å². The van der Waals surface area contributed by atoms with Gasteiger partial charge in [-0.2, -0.15) is 0 Å². The Balaban J connectivity index is 2.90. The highest BCUT2D eigenvalue weighted by atomic mass is 127. The first kappa shape index (κ1) is 9.62. The lowest BCUT2D eigenvalue weighted by molar-refractivity contribution is 0.645. The summed E-state index contributed by atoms with van der Waals surface area (Å²) in [5.41, 5.74) is 0.652. The van der Waals surface area contributed by atoms with E-state index < -0.39 is 0 Å². The topological polar surface area (TPSA) is 9.23 Å². The van der Waals surface area contributed by atoms with E-state index in [1.165, 1.54) is 0 Å². The van der Waals surface area contributed by atoms with Gasteiger partial charge in [0.05, 0.1) is 5.02 Å². The molecule has 0 aliphatic heterocycles. The van der Waals surface area contributed by atoms with Gasteiger partial charge in [0, 0.05) is 0 Å². The van der Waals surface area contributed by atoms with Crippen molar-refractivity contribution in [2.75, 3.05) is 0 Å². The summed E-state index contributed by atoms with van der Waals surface area (Å²) in [6.07, 6.45) is 0. The fourth-order valence-corrected chi connectivity index (χ4v) is 1.91. The van der Waals surface area contributed by atoms with Crippen LogP contribution in [-0.4, -0.2) is 7.85 Å². The summed E-state index contributed by atoms with van der Waals surface area (Å²) in [6.45, 7) is 0.373. The summed E-state index contributed by atoms with van der Waals surface area (Å²) in [5, 5.41) is 0.564. The molecule has 5 heteroatoms. The molecule has 1 unspecified atom stereocenters. The molecule has 0 amide bonds. The highest BCUT2D eigenvalue weighted by Crippen LogP contribution is 2.31. The van der Waals surface area contributed by atoms with E-state index in [1.807, 2.05) is 0 Å². The molecular weight excluding hydrogens is 292 g/mol. The summed E-state index contributed by atoms with van der Waals surface area (Å²) in [5.74, 6) is 0.689. The van der Waals surface area contributed by atoms with Crippen molar-refractivity contribution in [3.8, 4) is 5.75 Å². The first-order chi connectivity index (χ1) is 5.24. The summed E-state index contributed by atoms with van der Waals surface area (Å²) < 4.78 is 5.22. The maximum Gasteiger partial charge on any atom is 0.142 e. The van der Waals surface area contributed by atoms with Crippen LogP contribution in [0.1, 0.15) is 0 Å². The number of rotatable bonds is 2. The molecule has 1 aromatic rings. The Bertz CT molecular complexity index is 258. The van der Waals surface area contributed by atoms with Gasteiger partial charge in [0.25, 0.3) is 0 Å². The van der Waals surface area contributed by atoms with Gasteiger partial charge in [-0.15, -0.1) is 0 Å². The molecule has 1 rings (SSSR count). The van der Waals surface area contributed by atoms with Gasteiger partial charge in [-0.3, -0.25) is 0 Å². The lowest BCUT2D eigenvalue weighted by Gasteiger charge is -2.03. The van der Waals surface area contributed by atoms with E-state index in [0.29, 0.717) is 22.7 Å². The van der Waals surface area contributed by atoms with E-state index in [2.05, 4.69) is 22.0 Å². The van der Waals surface area contributed by atoms with Crippen LogP contribution in [0.15, 0.2) is 18.2 Å². The van der Waals surface area contributed by atoms with Crippen molar-refractivity contribution in [3.63, 3.8) is 0 Å². The van der Waals surface area contributed by atoms with Gasteiger partial charge >= 0.3 is 0 Å². The minimum absolute atomic E-state index is 0.373. The van der Waals surface area contributed by atoms with Gasteiger partial charge in [0.1, 0.15) is 20.0 Å². The second-order valence-electron chi connectivity index (χ2n) is 1.87. The van der Waals surface area contributed by atoms with E-state index in [0.717, 1.165) is 0 Å². The molecule has 11 heavy (non-hydrogen) atoms. The van der Waals surface area contributed by atoms with Crippen LogP contribution in [0.4, 0.5) is 0 Å². The van der Waals surface area contributed by atoms with Gasteiger partial charge in [-0.05, 0) is 34.2 Å². The fourth-order valence-electron chi connectivity index (χ4n) is 0.641. The number of halogens is 2. The Kier molecular flexibility index (Phi) is 3.97. The Morgan fingerprint density at radius 3 is 2.82 bits per heavy atom. The second kappa shape index (κ2) is 4.53. The predicted octanol–water partition coefficient (Wildman–Crippen LogP) is 2.46. The molecular formula is C6H4BClIOP. The van der Waals surface area contributed by atoms with Crippen molar-refractivity contribution in [3.05, 3.63) is 23.2 Å². The fraction of sp³-hybridized carbons (Fsp3) is 0. The summed E-state index contributed by atoms with van der Waals surface area (Å²) in [7, 11) is 5.48. The molecule has 0 spiro atoms. The molecule has 0 heterocycles. The number of benzene rings is 1. The second-order valence-corrected chi connectivity index (χ2v) is 3.96. The predicted molar refractivity (Wildman–Crippen MR) is 59.8 cm³/mol. The maximum absolute atomic E-state index is 5.80. The summed E-state index contributed by atoms with van der Waals surface area (Å²) in [6, 6.07) is 5.20. The van der Waals surface area contributed by atoms with Crippen molar-refractivity contribution in [2.45, 2.75) is 0 Å². The molecule has 0 aliphatic carbocycles. The zero-order valence-corrected chi connectivity index (χ0v) is 9.39. The first-order valence-electron chi connectivity index (χ1n) is 2.81. The standard InChI is InChI=1S/C6H4BClIOP/c7-4-1-2-6(10-11-9)5(8)3-4/h1-3,11H. The molecule has 1 aromatic carbocycles. The lowest BCUT2D eigenvalue weighted by atomic mass is 9.97. The van der Waals surface area contributed by atoms with Crippen LogP contribution in [-0.2, 0) is 0 Å². The Labute approximate surface area is 86.6 Å². The third-order valence-electron chi connectivity index (χ3n) is 1.10. The van der Waals surface area contributed by atoms with E-state index in [-0.39, 0.29) is 0 Å². The van der Waals surface area contributed by atoms with Crippen LogP contribution in [0, 0.1) is 0 Å². The van der Waals surface area contributed by atoms with Crippen molar-refractivity contribution >= 4 is 53.4 Å². The van der Waals surface area contributed by atoms with Crippen LogP contribution < -0.4 is 9.99 Å². The highest BCUT2D eigenvalue weighted by Gasteiger charge is 1.98. The molecule has 0 saturated carbocycles. The average Bonchev–Trinajstić information content (AvgIpc) is 1.95. The van der Waals surface area contributed by atoms with E-state index in [1.54, 1.807) is 18.2 Å². The molecule has 56 valence electrons. The molecule has 0 saturated heterocycles. The quantitative estimate of drug-likeness (QED) is 0.463. The Morgan fingerprint density at radius 1 is 1.55 bits per heavy atom. The zero-order valence-electron chi connectivity index (χ0n) is 5.47. The van der Waals surface area contributed by atoms with Gasteiger partial charge in [0.15, 0.2) is 0 Å². The van der Waals surface area contributed by atoms with E-state index in [4.69, 9.17) is 24.0 Å². The van der Waals surface area contributed by atoms with Gasteiger partial charge in [-0.1, -0.05) is 23.1 Å². The number of hydrogen-bond acceptors (Lipinski definition) is 1. The molecule has 1 atom stereocenters. The molecule has 0 N–H and O–H groups in total. The molecule has 0 bridgehead atoms. The van der Waals surface area contributed by atoms with Gasteiger partial charge in [0.2, 0.25) is 0 Å². The van der Waals surface area contributed by atoms with E-state index in [9.17, 15) is 0 Å². The van der Waals surface area contributed by atoms with Crippen LogP contribution in [0.2, 0.25) is 5.02 Å². The average molecular weight is 296 g/mol. The third kappa shape index (κ3) is 2.81. The van der Waals surface area contributed by atoms with Gasteiger partial charge in [-0.25, -0.2) is 0 Å². The molecule has 2 radical (unpaired) electrons. The van der Waals surface area contributed by atoms with Crippen molar-refractivity contribution in [1.82, 2.24) is 0 Å². The highest BCUT2D eigenvalue weighted by molar-refractivity contribution is 14.2. The smallest absolute Gasteiger partial charge is 0.142 e. The molecule has 1 nitrogen and oxygen atoms in total. The molecule has 0 aromatic heterocycles. The third-order valence-corrected chi connectivity index (χ3v) is 2.36. The van der Waals surface area contributed by atoms with Crippen molar-refractivity contribution in [2.24, 2.45) is 0 Å². The maximum atomic E-state index is 5.80.